The molecular weight excluding hydrogens is 304 g/mol. The predicted octanol–water partition coefficient (Wildman–Crippen LogP) is 4.66. The minimum absolute atomic E-state index is 0.369. The lowest BCUT2D eigenvalue weighted by atomic mass is 9.96. The average Bonchev–Trinajstić information content (AvgIpc) is 2.40. The van der Waals surface area contributed by atoms with E-state index in [0.29, 0.717) is 6.61 Å². The smallest absolute Gasteiger partial charge is 0.394 e. The summed E-state index contributed by atoms with van der Waals surface area (Å²) in [4.78, 5) is 0. The SMILES string of the molecule is CCCCCCCC(C)CCCCCCCO.O=S(=O)(O)O. The molecule has 0 heterocycles. The molecule has 5 nitrogen and oxygen atoms in total. The first-order chi connectivity index (χ1) is 10.3. The molecule has 0 aliphatic heterocycles. The van der Waals surface area contributed by atoms with E-state index in [1.54, 1.807) is 0 Å². The van der Waals surface area contributed by atoms with Crippen molar-refractivity contribution in [3.05, 3.63) is 0 Å². The lowest BCUT2D eigenvalue weighted by molar-refractivity contribution is 0.282. The third-order valence-electron chi connectivity index (χ3n) is 3.66. The van der Waals surface area contributed by atoms with Crippen molar-refractivity contribution in [3.63, 3.8) is 0 Å². The maximum absolute atomic E-state index is 8.74. The summed E-state index contributed by atoms with van der Waals surface area (Å²) in [5.41, 5.74) is 0. The number of hydrogen-bond acceptors (Lipinski definition) is 3. The van der Waals surface area contributed by atoms with Crippen LogP contribution in [0.2, 0.25) is 0 Å². The van der Waals surface area contributed by atoms with Gasteiger partial charge in [0, 0.05) is 6.61 Å². The van der Waals surface area contributed by atoms with E-state index in [-0.39, 0.29) is 0 Å². The molecule has 0 saturated carbocycles. The fourth-order valence-electron chi connectivity index (χ4n) is 2.38. The quantitative estimate of drug-likeness (QED) is 0.335. The van der Waals surface area contributed by atoms with Crippen LogP contribution in [0.3, 0.4) is 0 Å². The molecule has 1 atom stereocenters. The van der Waals surface area contributed by atoms with Crippen molar-refractivity contribution in [1.82, 2.24) is 0 Å². The van der Waals surface area contributed by atoms with E-state index >= 15 is 0 Å². The number of rotatable bonds is 13. The highest BCUT2D eigenvalue weighted by Gasteiger charge is 2.01. The number of unbranched alkanes of at least 4 members (excludes halogenated alkanes) is 8. The molecule has 136 valence electrons. The van der Waals surface area contributed by atoms with E-state index in [1.807, 2.05) is 0 Å². The van der Waals surface area contributed by atoms with Crippen LogP contribution < -0.4 is 0 Å². The Hall–Kier alpha value is -0.170. The molecule has 3 N–H and O–H groups in total. The van der Waals surface area contributed by atoms with Gasteiger partial charge < -0.3 is 5.11 Å². The summed E-state index contributed by atoms with van der Waals surface area (Å²) in [5.74, 6) is 0.925. The van der Waals surface area contributed by atoms with Crippen molar-refractivity contribution in [1.29, 1.82) is 0 Å². The third kappa shape index (κ3) is 32.0. The highest BCUT2D eigenvalue weighted by molar-refractivity contribution is 7.79. The summed E-state index contributed by atoms with van der Waals surface area (Å²) in [7, 11) is -4.67. The van der Waals surface area contributed by atoms with Crippen molar-refractivity contribution in [2.45, 2.75) is 90.9 Å². The molecule has 22 heavy (non-hydrogen) atoms. The second-order valence-corrected chi connectivity index (χ2v) is 6.93. The highest BCUT2D eigenvalue weighted by Crippen LogP contribution is 2.17. The van der Waals surface area contributed by atoms with Gasteiger partial charge in [0.2, 0.25) is 0 Å². The zero-order valence-corrected chi connectivity index (χ0v) is 15.2. The van der Waals surface area contributed by atoms with Crippen LogP contribution in [0.4, 0.5) is 0 Å². The van der Waals surface area contributed by atoms with E-state index in [4.69, 9.17) is 22.6 Å². The van der Waals surface area contributed by atoms with E-state index < -0.39 is 10.4 Å². The highest BCUT2D eigenvalue weighted by atomic mass is 32.3. The molecule has 0 aliphatic carbocycles. The molecule has 0 rings (SSSR count). The average molecular weight is 341 g/mol. The van der Waals surface area contributed by atoms with E-state index in [9.17, 15) is 0 Å². The van der Waals surface area contributed by atoms with Crippen LogP contribution in [0, 0.1) is 5.92 Å². The topological polar surface area (TPSA) is 94.8 Å². The van der Waals surface area contributed by atoms with E-state index in [1.165, 1.54) is 70.6 Å². The summed E-state index contributed by atoms with van der Waals surface area (Å²) in [5, 5.41) is 8.67. The normalized spacial score (nSPS) is 12.6. The largest absolute Gasteiger partial charge is 0.396 e. The predicted molar refractivity (Wildman–Crippen MR) is 91.5 cm³/mol. The van der Waals surface area contributed by atoms with Gasteiger partial charge in [0.15, 0.2) is 0 Å². The van der Waals surface area contributed by atoms with Gasteiger partial charge in [-0.05, 0) is 12.3 Å². The lowest BCUT2D eigenvalue weighted by Gasteiger charge is -2.10. The Morgan fingerprint density at radius 1 is 0.773 bits per heavy atom. The minimum Gasteiger partial charge on any atom is -0.396 e. The molecular formula is C16H36O5S. The van der Waals surface area contributed by atoms with Crippen LogP contribution in [-0.4, -0.2) is 29.2 Å². The molecule has 1 unspecified atom stereocenters. The maximum Gasteiger partial charge on any atom is 0.394 e. The third-order valence-corrected chi connectivity index (χ3v) is 3.66. The van der Waals surface area contributed by atoms with Crippen LogP contribution in [0.5, 0.6) is 0 Å². The molecule has 0 aliphatic rings. The Kier molecular flexibility index (Phi) is 18.8. The Morgan fingerprint density at radius 2 is 1.14 bits per heavy atom. The zero-order chi connectivity index (χ0) is 17.3. The summed E-state index contributed by atoms with van der Waals surface area (Å²) in [6.07, 6.45) is 16.2. The van der Waals surface area contributed by atoms with Crippen molar-refractivity contribution < 1.29 is 22.6 Å². The first-order valence-electron chi connectivity index (χ1n) is 8.62. The Balaban J connectivity index is 0. The Bertz CT molecular complexity index is 296. The van der Waals surface area contributed by atoms with Crippen LogP contribution in [0.25, 0.3) is 0 Å². The van der Waals surface area contributed by atoms with Crippen LogP contribution >= 0.6 is 0 Å². The van der Waals surface area contributed by atoms with Gasteiger partial charge in [-0.25, -0.2) is 0 Å². The number of hydrogen-bond donors (Lipinski definition) is 3. The second-order valence-electron chi connectivity index (χ2n) is 6.04. The fourth-order valence-corrected chi connectivity index (χ4v) is 2.38. The van der Waals surface area contributed by atoms with Crippen molar-refractivity contribution >= 4 is 10.4 Å². The molecule has 0 spiro atoms. The van der Waals surface area contributed by atoms with Crippen LogP contribution in [0.1, 0.15) is 90.9 Å². The molecule has 0 bridgehead atoms. The van der Waals surface area contributed by atoms with Crippen molar-refractivity contribution in [2.75, 3.05) is 6.61 Å². The minimum atomic E-state index is -4.67. The van der Waals surface area contributed by atoms with Gasteiger partial charge in [0.25, 0.3) is 0 Å². The monoisotopic (exact) mass is 340 g/mol. The number of aliphatic hydroxyl groups excluding tert-OH is 1. The molecule has 0 aromatic carbocycles. The lowest BCUT2D eigenvalue weighted by Crippen LogP contribution is -1.95. The molecule has 0 radical (unpaired) electrons. The molecule has 0 aromatic heterocycles. The van der Waals surface area contributed by atoms with Crippen LogP contribution in [0.15, 0.2) is 0 Å². The van der Waals surface area contributed by atoms with E-state index in [2.05, 4.69) is 13.8 Å². The van der Waals surface area contributed by atoms with Crippen LogP contribution in [-0.2, 0) is 10.4 Å². The van der Waals surface area contributed by atoms with Gasteiger partial charge in [-0.15, -0.1) is 0 Å². The van der Waals surface area contributed by atoms with Gasteiger partial charge in [-0.1, -0.05) is 84.5 Å². The molecule has 0 aromatic rings. The Labute approximate surface area is 137 Å². The molecule has 6 heteroatoms. The molecule has 0 fully saturated rings. The van der Waals surface area contributed by atoms with Gasteiger partial charge in [-0.3, -0.25) is 9.11 Å². The summed E-state index contributed by atoms with van der Waals surface area (Å²) >= 11 is 0. The van der Waals surface area contributed by atoms with Crippen molar-refractivity contribution in [3.8, 4) is 0 Å². The van der Waals surface area contributed by atoms with Gasteiger partial charge in [0.05, 0.1) is 0 Å². The summed E-state index contributed by atoms with van der Waals surface area (Å²) in [6.45, 7) is 5.06. The van der Waals surface area contributed by atoms with Gasteiger partial charge in [0.1, 0.15) is 0 Å². The van der Waals surface area contributed by atoms with Crippen molar-refractivity contribution in [2.24, 2.45) is 5.92 Å². The second kappa shape index (κ2) is 17.2. The summed E-state index contributed by atoms with van der Waals surface area (Å²) in [6, 6.07) is 0. The fraction of sp³-hybridized carbons (Fsp3) is 1.00. The molecule has 0 amide bonds. The summed E-state index contributed by atoms with van der Waals surface area (Å²) < 4.78 is 31.6. The first-order valence-corrected chi connectivity index (χ1v) is 10.0. The van der Waals surface area contributed by atoms with E-state index in [0.717, 1.165) is 12.3 Å². The zero-order valence-electron chi connectivity index (χ0n) is 14.3. The Morgan fingerprint density at radius 3 is 1.55 bits per heavy atom. The maximum atomic E-state index is 8.74. The number of aliphatic hydroxyl groups is 1. The first kappa shape index (κ1) is 24.1. The standard InChI is InChI=1S/C16H34O.H2O4S/c1-3-4-5-7-10-13-16(2)14-11-8-6-9-12-15-17;1-5(2,3)4/h16-17H,3-15H2,1-2H3;(H2,1,2,3,4). The van der Waals surface area contributed by atoms with Gasteiger partial charge >= 0.3 is 10.4 Å². The van der Waals surface area contributed by atoms with Gasteiger partial charge in [-0.2, -0.15) is 8.42 Å². The molecule has 0 saturated heterocycles.